The van der Waals surface area contributed by atoms with Gasteiger partial charge in [0.1, 0.15) is 0 Å². The van der Waals surface area contributed by atoms with Crippen LogP contribution in [0.25, 0.3) is 6.08 Å². The van der Waals surface area contributed by atoms with Crippen molar-refractivity contribution in [3.05, 3.63) is 62.8 Å². The van der Waals surface area contributed by atoms with Gasteiger partial charge >= 0.3 is 0 Å². The molecule has 1 aromatic heterocycles. The average Bonchev–Trinajstić information content (AvgIpc) is 3.11. The number of hydrogen-bond donors (Lipinski definition) is 1. The van der Waals surface area contributed by atoms with Crippen LogP contribution in [-0.4, -0.2) is 35.8 Å². The Morgan fingerprint density at radius 3 is 2.56 bits per heavy atom. The smallest absolute Gasteiger partial charge is 0.246 e. The lowest BCUT2D eigenvalue weighted by atomic mass is 10.0. The zero-order valence-corrected chi connectivity index (χ0v) is 17.5. The molecule has 4 nitrogen and oxygen atoms in total. The monoisotopic (exact) mass is 446 g/mol. The minimum atomic E-state index is 0.0355. The van der Waals surface area contributed by atoms with E-state index in [2.05, 4.69) is 21.2 Å². The molecule has 142 valence electrons. The van der Waals surface area contributed by atoms with Crippen LogP contribution in [-0.2, 0) is 16.0 Å². The molecule has 1 aliphatic rings. The van der Waals surface area contributed by atoms with Crippen LogP contribution >= 0.6 is 27.3 Å². The predicted molar refractivity (Wildman–Crippen MR) is 114 cm³/mol. The van der Waals surface area contributed by atoms with Crippen LogP contribution in [0.2, 0.25) is 0 Å². The molecule has 1 N–H and O–H groups in total. The number of hydrogen-bond acceptors (Lipinski definition) is 3. The van der Waals surface area contributed by atoms with E-state index < -0.39 is 0 Å². The molecule has 0 unspecified atom stereocenters. The lowest BCUT2D eigenvalue weighted by Crippen LogP contribution is -2.46. The number of benzene rings is 1. The molecule has 0 saturated carbocycles. The molecule has 0 radical (unpaired) electrons. The third-order valence-corrected chi connectivity index (χ3v) is 6.23. The van der Waals surface area contributed by atoms with Crippen LogP contribution in [0.15, 0.2) is 52.3 Å². The van der Waals surface area contributed by atoms with Crippen molar-refractivity contribution in [3.63, 3.8) is 0 Å². The molecular weight excluding hydrogens is 424 g/mol. The number of carbonyl (C=O) groups excluding carboxylic acids is 2. The summed E-state index contributed by atoms with van der Waals surface area (Å²) in [5.41, 5.74) is 1.18. The van der Waals surface area contributed by atoms with Gasteiger partial charge in [0.25, 0.3) is 0 Å². The summed E-state index contributed by atoms with van der Waals surface area (Å²) in [6.45, 7) is 1.36. The highest BCUT2D eigenvalue weighted by Gasteiger charge is 2.22. The minimum absolute atomic E-state index is 0.0355. The van der Waals surface area contributed by atoms with Crippen molar-refractivity contribution in [3.8, 4) is 0 Å². The largest absolute Gasteiger partial charge is 0.353 e. The van der Waals surface area contributed by atoms with Gasteiger partial charge in [0.15, 0.2) is 0 Å². The number of piperidine rings is 1. The highest BCUT2D eigenvalue weighted by molar-refractivity contribution is 9.11. The van der Waals surface area contributed by atoms with Gasteiger partial charge in [0.05, 0.1) is 3.79 Å². The topological polar surface area (TPSA) is 49.4 Å². The maximum absolute atomic E-state index is 12.3. The van der Waals surface area contributed by atoms with E-state index in [1.165, 1.54) is 5.56 Å². The van der Waals surface area contributed by atoms with Crippen molar-refractivity contribution in [1.82, 2.24) is 10.2 Å². The van der Waals surface area contributed by atoms with Crippen LogP contribution in [0.1, 0.15) is 29.7 Å². The zero-order chi connectivity index (χ0) is 19.1. The van der Waals surface area contributed by atoms with E-state index in [-0.39, 0.29) is 17.9 Å². The van der Waals surface area contributed by atoms with E-state index in [0.717, 1.165) is 27.9 Å². The van der Waals surface area contributed by atoms with Gasteiger partial charge in [-0.15, -0.1) is 11.3 Å². The van der Waals surface area contributed by atoms with Crippen molar-refractivity contribution < 1.29 is 9.59 Å². The number of aryl methyl sites for hydroxylation is 1. The third kappa shape index (κ3) is 6.33. The Morgan fingerprint density at radius 1 is 1.15 bits per heavy atom. The molecule has 2 aromatic rings. The van der Waals surface area contributed by atoms with Gasteiger partial charge in [0, 0.05) is 36.5 Å². The summed E-state index contributed by atoms with van der Waals surface area (Å²) in [6.07, 6.45) is 6.37. The predicted octanol–water partition coefficient (Wildman–Crippen LogP) is 4.26. The van der Waals surface area contributed by atoms with E-state index in [1.54, 1.807) is 17.4 Å². The van der Waals surface area contributed by atoms with Gasteiger partial charge in [-0.1, -0.05) is 30.3 Å². The van der Waals surface area contributed by atoms with Gasteiger partial charge in [-0.05, 0) is 59.0 Å². The van der Waals surface area contributed by atoms with Crippen LogP contribution in [0.4, 0.5) is 0 Å². The number of nitrogens with one attached hydrogen (secondary N) is 1. The Bertz CT molecular complexity index is 796. The zero-order valence-electron chi connectivity index (χ0n) is 15.1. The highest BCUT2D eigenvalue weighted by Crippen LogP contribution is 2.23. The Morgan fingerprint density at radius 2 is 1.89 bits per heavy atom. The molecular formula is C21H23BrN2O2S. The number of amides is 2. The molecule has 1 aromatic carbocycles. The lowest BCUT2D eigenvalue weighted by molar-refractivity contribution is -0.127. The molecule has 1 fully saturated rings. The maximum atomic E-state index is 12.3. The van der Waals surface area contributed by atoms with Crippen molar-refractivity contribution >= 4 is 45.2 Å². The Kier molecular flexibility index (Phi) is 7.24. The fourth-order valence-corrected chi connectivity index (χ4v) is 4.45. The van der Waals surface area contributed by atoms with Gasteiger partial charge < -0.3 is 10.2 Å². The summed E-state index contributed by atoms with van der Waals surface area (Å²) in [6, 6.07) is 14.2. The fourth-order valence-electron chi connectivity index (χ4n) is 3.12. The number of halogens is 1. The summed E-state index contributed by atoms with van der Waals surface area (Å²) in [4.78, 5) is 27.4. The van der Waals surface area contributed by atoms with E-state index in [4.69, 9.17) is 0 Å². The Labute approximate surface area is 172 Å². The fraction of sp³-hybridized carbons (Fsp3) is 0.333. The average molecular weight is 447 g/mol. The van der Waals surface area contributed by atoms with E-state index in [0.29, 0.717) is 19.5 Å². The van der Waals surface area contributed by atoms with Gasteiger partial charge in [0.2, 0.25) is 11.8 Å². The second kappa shape index (κ2) is 9.85. The number of likely N-dealkylation sites (tertiary alicyclic amines) is 1. The molecule has 1 aliphatic heterocycles. The number of rotatable bonds is 6. The molecule has 2 heterocycles. The second-order valence-corrected chi connectivity index (χ2v) is 9.12. The quantitative estimate of drug-likeness (QED) is 0.673. The van der Waals surface area contributed by atoms with Crippen molar-refractivity contribution in [2.24, 2.45) is 0 Å². The lowest BCUT2D eigenvalue weighted by Gasteiger charge is -2.31. The molecule has 3 rings (SSSR count). The second-order valence-electron chi connectivity index (χ2n) is 6.63. The first kappa shape index (κ1) is 19.8. The number of carbonyl (C=O) groups is 2. The van der Waals surface area contributed by atoms with E-state index in [1.807, 2.05) is 53.4 Å². The standard InChI is InChI=1S/C21H23BrN2O2S/c22-19-9-7-18(27-19)8-11-21(26)24-14-12-17(13-15-24)23-20(25)10-6-16-4-2-1-3-5-16/h1-5,7-9,11,17H,6,10,12-15H2,(H,23,25)/b11-8+. The summed E-state index contributed by atoms with van der Waals surface area (Å²) < 4.78 is 1.05. The van der Waals surface area contributed by atoms with Crippen molar-refractivity contribution in [2.45, 2.75) is 31.7 Å². The molecule has 27 heavy (non-hydrogen) atoms. The first-order valence-electron chi connectivity index (χ1n) is 9.16. The van der Waals surface area contributed by atoms with E-state index in [9.17, 15) is 9.59 Å². The van der Waals surface area contributed by atoms with Gasteiger partial charge in [-0.25, -0.2) is 0 Å². The first-order valence-corrected chi connectivity index (χ1v) is 10.8. The molecule has 0 atom stereocenters. The summed E-state index contributed by atoms with van der Waals surface area (Å²) in [7, 11) is 0. The van der Waals surface area contributed by atoms with Crippen molar-refractivity contribution in [2.75, 3.05) is 13.1 Å². The summed E-state index contributed by atoms with van der Waals surface area (Å²) >= 11 is 5.02. The van der Waals surface area contributed by atoms with Crippen LogP contribution in [0.3, 0.4) is 0 Å². The molecule has 0 spiro atoms. The molecule has 2 amide bonds. The summed E-state index contributed by atoms with van der Waals surface area (Å²) in [5, 5.41) is 3.11. The Balaban J connectivity index is 1.38. The molecule has 1 saturated heterocycles. The van der Waals surface area contributed by atoms with Crippen molar-refractivity contribution in [1.29, 1.82) is 0 Å². The maximum Gasteiger partial charge on any atom is 0.246 e. The highest BCUT2D eigenvalue weighted by atomic mass is 79.9. The SMILES string of the molecule is O=C(CCc1ccccc1)NC1CCN(C(=O)/C=C/c2ccc(Br)s2)CC1. The third-order valence-electron chi connectivity index (χ3n) is 4.64. The molecule has 6 heteroatoms. The van der Waals surface area contributed by atoms with Gasteiger partial charge in [-0.2, -0.15) is 0 Å². The Hall–Kier alpha value is -1.92. The number of thiophene rings is 1. The van der Waals surface area contributed by atoms with Crippen LogP contribution in [0, 0.1) is 0 Å². The molecule has 0 aliphatic carbocycles. The van der Waals surface area contributed by atoms with Crippen LogP contribution < -0.4 is 5.32 Å². The van der Waals surface area contributed by atoms with E-state index >= 15 is 0 Å². The minimum Gasteiger partial charge on any atom is -0.353 e. The molecule has 0 bridgehead atoms. The number of nitrogens with zero attached hydrogens (tertiary/aromatic N) is 1. The normalized spacial score (nSPS) is 15.2. The summed E-state index contributed by atoms with van der Waals surface area (Å²) in [5.74, 6) is 0.125. The van der Waals surface area contributed by atoms with Crippen LogP contribution in [0.5, 0.6) is 0 Å². The van der Waals surface area contributed by atoms with Gasteiger partial charge in [-0.3, -0.25) is 9.59 Å². The first-order chi connectivity index (χ1) is 13.1.